The molecular formula is C18H19FN6O4. The van der Waals surface area contributed by atoms with E-state index in [9.17, 15) is 19.3 Å². The minimum Gasteiger partial charge on any atom is -0.464 e. The lowest BCUT2D eigenvalue weighted by molar-refractivity contribution is -0.386. The van der Waals surface area contributed by atoms with Gasteiger partial charge in [0.05, 0.1) is 17.2 Å². The number of aromatic nitrogens is 4. The van der Waals surface area contributed by atoms with Crippen molar-refractivity contribution in [2.45, 2.75) is 26.7 Å². The van der Waals surface area contributed by atoms with E-state index in [-0.39, 0.29) is 29.8 Å². The van der Waals surface area contributed by atoms with Gasteiger partial charge in [0.1, 0.15) is 5.82 Å². The first-order valence-corrected chi connectivity index (χ1v) is 8.75. The largest absolute Gasteiger partial charge is 0.464 e. The molecule has 29 heavy (non-hydrogen) atoms. The van der Waals surface area contributed by atoms with Crippen molar-refractivity contribution in [1.82, 2.24) is 24.5 Å². The van der Waals surface area contributed by atoms with E-state index in [1.54, 1.807) is 11.7 Å². The lowest BCUT2D eigenvalue weighted by Gasteiger charge is -2.14. The number of nitro benzene ring substituents is 1. The lowest BCUT2D eigenvalue weighted by atomic mass is 10.3. The molecule has 0 spiro atoms. The van der Waals surface area contributed by atoms with Crippen molar-refractivity contribution in [3.63, 3.8) is 0 Å². The van der Waals surface area contributed by atoms with Crippen LogP contribution in [0, 0.1) is 15.9 Å². The monoisotopic (exact) mass is 402 g/mol. The Morgan fingerprint density at radius 2 is 2.00 bits per heavy atom. The molecule has 0 N–H and O–H groups in total. The van der Waals surface area contributed by atoms with Crippen molar-refractivity contribution in [3.8, 4) is 5.75 Å². The summed E-state index contributed by atoms with van der Waals surface area (Å²) in [5, 5.41) is 19.5. The van der Waals surface area contributed by atoms with Crippen LogP contribution in [0.3, 0.4) is 0 Å². The number of hydrogen-bond donors (Lipinski definition) is 0. The SMILES string of the molecule is CCn1ccc(CN(C)C(=O)c2ccn(COc3cc(F)ccc3[N+](=O)[O-])n2)n1. The predicted octanol–water partition coefficient (Wildman–Crippen LogP) is 2.46. The fraction of sp³-hybridized carbons (Fsp3) is 0.278. The second-order valence-electron chi connectivity index (χ2n) is 6.21. The molecule has 0 saturated heterocycles. The molecule has 0 saturated carbocycles. The van der Waals surface area contributed by atoms with Gasteiger partial charge in [-0.2, -0.15) is 10.2 Å². The molecule has 1 aromatic carbocycles. The Kier molecular flexibility index (Phi) is 5.86. The lowest BCUT2D eigenvalue weighted by Crippen LogP contribution is -2.27. The van der Waals surface area contributed by atoms with Crippen molar-refractivity contribution in [2.24, 2.45) is 0 Å². The van der Waals surface area contributed by atoms with Crippen molar-refractivity contribution in [1.29, 1.82) is 0 Å². The first kappa shape index (κ1) is 20.0. The molecule has 0 radical (unpaired) electrons. The predicted molar refractivity (Wildman–Crippen MR) is 99.6 cm³/mol. The van der Waals surface area contributed by atoms with Crippen LogP contribution in [0.15, 0.2) is 42.7 Å². The van der Waals surface area contributed by atoms with E-state index < -0.39 is 10.7 Å². The molecule has 1 amide bonds. The molecule has 0 atom stereocenters. The average molecular weight is 402 g/mol. The standard InChI is InChI=1S/C18H19FN6O4/c1-3-23-8-6-14(20-23)11-22(2)18(26)15-7-9-24(21-15)12-29-17-10-13(19)4-5-16(17)25(27)28/h4-10H,3,11-12H2,1-2H3. The number of nitro groups is 1. The van der Waals surface area contributed by atoms with Gasteiger partial charge in [-0.3, -0.25) is 19.6 Å². The summed E-state index contributed by atoms with van der Waals surface area (Å²) in [6.45, 7) is 2.82. The maximum Gasteiger partial charge on any atom is 0.311 e. The van der Waals surface area contributed by atoms with Crippen molar-refractivity contribution >= 4 is 11.6 Å². The Bertz CT molecular complexity index is 1030. The third-order valence-corrected chi connectivity index (χ3v) is 4.10. The van der Waals surface area contributed by atoms with Crippen molar-refractivity contribution in [2.75, 3.05) is 7.05 Å². The van der Waals surface area contributed by atoms with E-state index in [4.69, 9.17) is 4.74 Å². The van der Waals surface area contributed by atoms with Gasteiger partial charge in [0.2, 0.25) is 5.75 Å². The number of nitrogens with zero attached hydrogens (tertiary/aromatic N) is 6. The van der Waals surface area contributed by atoms with Gasteiger partial charge < -0.3 is 9.64 Å². The first-order chi connectivity index (χ1) is 13.9. The summed E-state index contributed by atoms with van der Waals surface area (Å²) in [6.07, 6.45) is 3.34. The highest BCUT2D eigenvalue weighted by Gasteiger charge is 2.18. The normalized spacial score (nSPS) is 10.7. The van der Waals surface area contributed by atoms with Crippen LogP contribution >= 0.6 is 0 Å². The van der Waals surface area contributed by atoms with Crippen LogP contribution in [-0.2, 0) is 19.8 Å². The maximum atomic E-state index is 13.4. The summed E-state index contributed by atoms with van der Waals surface area (Å²) in [7, 11) is 1.64. The second kappa shape index (κ2) is 8.50. The summed E-state index contributed by atoms with van der Waals surface area (Å²) in [4.78, 5) is 24.4. The van der Waals surface area contributed by atoms with E-state index >= 15 is 0 Å². The van der Waals surface area contributed by atoms with E-state index in [1.165, 1.54) is 21.8 Å². The van der Waals surface area contributed by atoms with Crippen molar-refractivity contribution < 1.29 is 18.8 Å². The van der Waals surface area contributed by atoms with Gasteiger partial charge in [0, 0.05) is 38.1 Å². The minimum absolute atomic E-state index is 0.180. The van der Waals surface area contributed by atoms with E-state index in [2.05, 4.69) is 10.2 Å². The second-order valence-corrected chi connectivity index (χ2v) is 6.21. The number of halogens is 1. The number of hydrogen-bond acceptors (Lipinski definition) is 6. The van der Waals surface area contributed by atoms with E-state index in [0.717, 1.165) is 30.4 Å². The zero-order chi connectivity index (χ0) is 21.0. The number of carbonyl (C=O) groups excluding carboxylic acids is 1. The highest BCUT2D eigenvalue weighted by Crippen LogP contribution is 2.27. The van der Waals surface area contributed by atoms with Crippen LogP contribution in [0.1, 0.15) is 23.1 Å². The number of rotatable bonds is 8. The molecule has 2 heterocycles. The van der Waals surface area contributed by atoms with Gasteiger partial charge >= 0.3 is 5.69 Å². The number of carbonyl (C=O) groups is 1. The summed E-state index contributed by atoms with van der Waals surface area (Å²) in [6, 6.07) is 6.28. The summed E-state index contributed by atoms with van der Waals surface area (Å²) in [5.41, 5.74) is 0.574. The Morgan fingerprint density at radius 3 is 2.69 bits per heavy atom. The Hall–Kier alpha value is -3.76. The third-order valence-electron chi connectivity index (χ3n) is 4.10. The van der Waals surface area contributed by atoms with Gasteiger partial charge in [-0.15, -0.1) is 0 Å². The summed E-state index contributed by atoms with van der Waals surface area (Å²) in [5.74, 6) is -1.19. The topological polar surface area (TPSA) is 108 Å². The number of amides is 1. The highest BCUT2D eigenvalue weighted by molar-refractivity contribution is 5.91. The molecule has 10 nitrogen and oxygen atoms in total. The van der Waals surface area contributed by atoms with Crippen molar-refractivity contribution in [3.05, 3.63) is 70.0 Å². The van der Waals surface area contributed by atoms with E-state index in [1.807, 2.05) is 19.2 Å². The highest BCUT2D eigenvalue weighted by atomic mass is 19.1. The zero-order valence-corrected chi connectivity index (χ0v) is 15.9. The number of aryl methyl sites for hydroxylation is 1. The Balaban J connectivity index is 1.64. The minimum atomic E-state index is -0.665. The molecule has 0 aliphatic carbocycles. The molecule has 3 aromatic rings. The molecule has 0 bridgehead atoms. The van der Waals surface area contributed by atoms with Crippen LogP contribution < -0.4 is 4.74 Å². The fourth-order valence-electron chi connectivity index (χ4n) is 2.61. The zero-order valence-electron chi connectivity index (χ0n) is 15.9. The van der Waals surface area contributed by atoms with Crippen LogP contribution in [0.5, 0.6) is 5.75 Å². The molecule has 0 aliphatic heterocycles. The molecule has 0 fully saturated rings. The van der Waals surface area contributed by atoms with Gasteiger partial charge in [-0.25, -0.2) is 9.07 Å². The Labute approximate surface area is 165 Å². The molecule has 2 aromatic heterocycles. The third kappa shape index (κ3) is 4.75. The van der Waals surface area contributed by atoms with E-state index in [0.29, 0.717) is 6.54 Å². The van der Waals surface area contributed by atoms with Gasteiger partial charge in [0.15, 0.2) is 12.4 Å². The summed E-state index contributed by atoms with van der Waals surface area (Å²) < 4.78 is 21.7. The van der Waals surface area contributed by atoms with Crippen LogP contribution in [0.25, 0.3) is 0 Å². The summed E-state index contributed by atoms with van der Waals surface area (Å²) >= 11 is 0. The van der Waals surface area contributed by atoms with Crippen LogP contribution in [-0.4, -0.2) is 42.3 Å². The van der Waals surface area contributed by atoms with Gasteiger partial charge in [0.25, 0.3) is 5.91 Å². The molecule has 0 unspecified atom stereocenters. The van der Waals surface area contributed by atoms with Gasteiger partial charge in [-0.1, -0.05) is 0 Å². The molecular weight excluding hydrogens is 383 g/mol. The number of benzene rings is 1. The first-order valence-electron chi connectivity index (χ1n) is 8.75. The van der Waals surface area contributed by atoms with Crippen LogP contribution in [0.2, 0.25) is 0 Å². The number of ether oxygens (including phenoxy) is 1. The average Bonchev–Trinajstić information content (AvgIpc) is 3.34. The maximum absolute atomic E-state index is 13.4. The molecule has 0 aliphatic rings. The quantitative estimate of drug-likeness (QED) is 0.423. The van der Waals surface area contributed by atoms with Crippen LogP contribution in [0.4, 0.5) is 10.1 Å². The Morgan fingerprint density at radius 1 is 1.24 bits per heavy atom. The molecule has 3 rings (SSSR count). The molecule has 152 valence electrons. The smallest absolute Gasteiger partial charge is 0.311 e. The van der Waals surface area contributed by atoms with Gasteiger partial charge in [-0.05, 0) is 25.1 Å². The fourth-order valence-corrected chi connectivity index (χ4v) is 2.61. The molecule has 11 heteroatoms.